The highest BCUT2D eigenvalue weighted by molar-refractivity contribution is 5.86. The van der Waals surface area contributed by atoms with Gasteiger partial charge in [0.1, 0.15) is 11.6 Å². The number of nitrogens with one attached hydrogen (secondary N) is 1. The van der Waals surface area contributed by atoms with Gasteiger partial charge in [0.15, 0.2) is 0 Å². The zero-order valence-corrected chi connectivity index (χ0v) is 20.2. The normalized spacial score (nSPS) is 12.0. The summed E-state index contributed by atoms with van der Waals surface area (Å²) in [7, 11) is 1.62. The lowest BCUT2D eigenvalue weighted by molar-refractivity contribution is -0.121. The molecule has 0 saturated heterocycles. The van der Waals surface area contributed by atoms with Crippen LogP contribution in [0.25, 0.3) is 10.9 Å². The third kappa shape index (κ3) is 6.08. The smallest absolute Gasteiger partial charge is 0.221 e. The number of fused-ring (bicyclic) bond motifs is 1. The molecule has 6 heteroatoms. The molecule has 1 N–H and O–H groups in total. The summed E-state index contributed by atoms with van der Waals surface area (Å²) in [6.07, 6.45) is 2.43. The van der Waals surface area contributed by atoms with E-state index in [-0.39, 0.29) is 17.6 Å². The van der Waals surface area contributed by atoms with Gasteiger partial charge in [-0.3, -0.25) is 4.79 Å². The summed E-state index contributed by atoms with van der Waals surface area (Å²) in [5, 5.41) is 4.05. The van der Waals surface area contributed by atoms with Crippen molar-refractivity contribution >= 4 is 16.8 Å². The molecule has 1 heterocycles. The molecule has 0 aliphatic rings. The number of hydrogen-bond acceptors (Lipinski definition) is 3. The number of amides is 1. The van der Waals surface area contributed by atoms with E-state index in [1.54, 1.807) is 19.2 Å². The van der Waals surface area contributed by atoms with Crippen LogP contribution in [0.4, 0.5) is 4.39 Å². The molecule has 35 heavy (non-hydrogen) atoms. The largest absolute Gasteiger partial charge is 0.494 e. The summed E-state index contributed by atoms with van der Waals surface area (Å²) in [5.74, 6) is 0.379. The quantitative estimate of drug-likeness (QED) is 0.292. The number of para-hydroxylation sites is 1. The Labute approximate surface area is 205 Å². The van der Waals surface area contributed by atoms with Crippen molar-refractivity contribution in [3.05, 3.63) is 102 Å². The predicted molar refractivity (Wildman–Crippen MR) is 136 cm³/mol. The fraction of sp³-hybridized carbons (Fsp3) is 0.276. The SMILES string of the molecule is CCOc1ccc([C@@H](CC(=O)NCCOC)c2cn(Cc3ccc(F)cc3)c3ccccc23)cc1. The second-order valence-electron chi connectivity index (χ2n) is 8.46. The lowest BCUT2D eigenvalue weighted by Gasteiger charge is -2.18. The summed E-state index contributed by atoms with van der Waals surface area (Å²) in [6, 6.07) is 22.7. The number of benzene rings is 3. The zero-order valence-electron chi connectivity index (χ0n) is 20.2. The molecule has 0 aliphatic heterocycles. The molecule has 1 aromatic heterocycles. The molecule has 4 aromatic rings. The summed E-state index contributed by atoms with van der Waals surface area (Å²) in [6.45, 7) is 4.10. The molecule has 0 spiro atoms. The van der Waals surface area contributed by atoms with Crippen LogP contribution in [0, 0.1) is 5.82 Å². The van der Waals surface area contributed by atoms with Gasteiger partial charge in [0.05, 0.1) is 13.2 Å². The van der Waals surface area contributed by atoms with E-state index in [2.05, 4.69) is 28.2 Å². The molecular formula is C29H31FN2O3. The summed E-state index contributed by atoms with van der Waals surface area (Å²) < 4.78 is 26.3. The topological polar surface area (TPSA) is 52.5 Å². The Hall–Kier alpha value is -3.64. The van der Waals surface area contributed by atoms with Gasteiger partial charge in [0.2, 0.25) is 5.91 Å². The molecule has 0 bridgehead atoms. The minimum atomic E-state index is -0.248. The van der Waals surface area contributed by atoms with Gasteiger partial charge in [-0.15, -0.1) is 0 Å². The molecule has 182 valence electrons. The first-order valence-corrected chi connectivity index (χ1v) is 11.9. The van der Waals surface area contributed by atoms with E-state index in [1.807, 2.05) is 43.3 Å². The van der Waals surface area contributed by atoms with E-state index >= 15 is 0 Å². The number of carbonyl (C=O) groups excluding carboxylic acids is 1. The highest BCUT2D eigenvalue weighted by Gasteiger charge is 2.23. The van der Waals surface area contributed by atoms with Gasteiger partial charge in [-0.1, -0.05) is 42.5 Å². The Morgan fingerprint density at radius 2 is 1.77 bits per heavy atom. The average molecular weight is 475 g/mol. The molecule has 1 amide bonds. The number of methoxy groups -OCH3 is 1. The minimum Gasteiger partial charge on any atom is -0.494 e. The minimum absolute atomic E-state index is 0.0312. The number of aromatic nitrogens is 1. The molecule has 3 aromatic carbocycles. The fourth-order valence-corrected chi connectivity index (χ4v) is 4.39. The van der Waals surface area contributed by atoms with Gasteiger partial charge in [0, 0.05) is 49.6 Å². The first-order valence-electron chi connectivity index (χ1n) is 11.9. The fourth-order valence-electron chi connectivity index (χ4n) is 4.39. The number of hydrogen-bond donors (Lipinski definition) is 1. The van der Waals surface area contributed by atoms with Gasteiger partial charge in [-0.05, 0) is 53.9 Å². The molecule has 0 aliphatic carbocycles. The third-order valence-electron chi connectivity index (χ3n) is 6.07. The van der Waals surface area contributed by atoms with Gasteiger partial charge in [-0.25, -0.2) is 4.39 Å². The van der Waals surface area contributed by atoms with Gasteiger partial charge in [0.25, 0.3) is 0 Å². The number of halogens is 1. The molecule has 1 atom stereocenters. The van der Waals surface area contributed by atoms with Crippen molar-refractivity contribution in [2.45, 2.75) is 25.8 Å². The molecule has 0 radical (unpaired) electrons. The highest BCUT2D eigenvalue weighted by Crippen LogP contribution is 2.35. The molecule has 5 nitrogen and oxygen atoms in total. The van der Waals surface area contributed by atoms with Crippen molar-refractivity contribution in [1.82, 2.24) is 9.88 Å². The van der Waals surface area contributed by atoms with Crippen LogP contribution in [0.3, 0.4) is 0 Å². The van der Waals surface area contributed by atoms with Crippen LogP contribution in [0.1, 0.15) is 36.0 Å². The number of carbonyl (C=O) groups is 1. The Balaban J connectivity index is 1.72. The second kappa shape index (κ2) is 11.7. The van der Waals surface area contributed by atoms with Crippen LogP contribution in [0.5, 0.6) is 5.75 Å². The predicted octanol–water partition coefficient (Wildman–Crippen LogP) is 5.51. The third-order valence-corrected chi connectivity index (χ3v) is 6.07. The number of ether oxygens (including phenoxy) is 2. The van der Waals surface area contributed by atoms with Crippen LogP contribution >= 0.6 is 0 Å². The van der Waals surface area contributed by atoms with Crippen molar-refractivity contribution in [3.8, 4) is 5.75 Å². The van der Waals surface area contributed by atoms with E-state index in [4.69, 9.17) is 9.47 Å². The van der Waals surface area contributed by atoms with Gasteiger partial charge >= 0.3 is 0 Å². The second-order valence-corrected chi connectivity index (χ2v) is 8.46. The maximum absolute atomic E-state index is 13.4. The van der Waals surface area contributed by atoms with Crippen molar-refractivity contribution in [1.29, 1.82) is 0 Å². The van der Waals surface area contributed by atoms with Crippen LogP contribution in [0.15, 0.2) is 79.0 Å². The average Bonchev–Trinajstić information content (AvgIpc) is 3.23. The Morgan fingerprint density at radius 1 is 1.03 bits per heavy atom. The van der Waals surface area contributed by atoms with Crippen LogP contribution < -0.4 is 10.1 Å². The van der Waals surface area contributed by atoms with Crippen molar-refractivity contribution < 1.29 is 18.7 Å². The lowest BCUT2D eigenvalue weighted by Crippen LogP contribution is -2.28. The Morgan fingerprint density at radius 3 is 2.49 bits per heavy atom. The maximum Gasteiger partial charge on any atom is 0.221 e. The monoisotopic (exact) mass is 474 g/mol. The van der Waals surface area contributed by atoms with Crippen LogP contribution in [0.2, 0.25) is 0 Å². The van der Waals surface area contributed by atoms with Crippen LogP contribution in [-0.2, 0) is 16.1 Å². The van der Waals surface area contributed by atoms with E-state index in [9.17, 15) is 9.18 Å². The maximum atomic E-state index is 13.4. The molecule has 0 saturated carbocycles. The van der Waals surface area contributed by atoms with Crippen molar-refractivity contribution in [3.63, 3.8) is 0 Å². The van der Waals surface area contributed by atoms with E-state index in [0.717, 1.165) is 33.3 Å². The van der Waals surface area contributed by atoms with E-state index in [0.29, 0.717) is 32.7 Å². The standard InChI is InChI=1S/C29H31FN2O3/c1-3-35-24-14-10-22(11-15-24)26(18-29(33)31-16-17-34-2)27-20-32(28-7-5-4-6-25(27)28)19-21-8-12-23(30)13-9-21/h4-15,20,26H,3,16-19H2,1-2H3,(H,31,33)/t26-/m1/s1. The van der Waals surface area contributed by atoms with Crippen molar-refractivity contribution in [2.75, 3.05) is 26.9 Å². The van der Waals surface area contributed by atoms with Crippen molar-refractivity contribution in [2.24, 2.45) is 0 Å². The summed E-state index contributed by atoms with van der Waals surface area (Å²) >= 11 is 0. The Kier molecular flexibility index (Phi) is 8.16. The number of rotatable bonds is 11. The highest BCUT2D eigenvalue weighted by atomic mass is 19.1. The summed E-state index contributed by atoms with van der Waals surface area (Å²) in [5.41, 5.74) is 4.20. The first kappa shape index (κ1) is 24.5. The van der Waals surface area contributed by atoms with Crippen LogP contribution in [-0.4, -0.2) is 37.3 Å². The van der Waals surface area contributed by atoms with Gasteiger partial charge < -0.3 is 19.4 Å². The zero-order chi connectivity index (χ0) is 24.6. The number of nitrogens with zero attached hydrogens (tertiary/aromatic N) is 1. The summed E-state index contributed by atoms with van der Waals surface area (Å²) in [4.78, 5) is 12.9. The Bertz CT molecular complexity index is 1250. The van der Waals surface area contributed by atoms with Gasteiger partial charge in [-0.2, -0.15) is 0 Å². The van der Waals surface area contributed by atoms with E-state index in [1.165, 1.54) is 12.1 Å². The first-order chi connectivity index (χ1) is 17.1. The molecule has 0 fully saturated rings. The lowest BCUT2D eigenvalue weighted by atomic mass is 9.88. The molecular weight excluding hydrogens is 443 g/mol. The molecule has 0 unspecified atom stereocenters. The molecule has 4 rings (SSSR count). The van der Waals surface area contributed by atoms with E-state index < -0.39 is 0 Å².